The minimum atomic E-state index is -0.502. The van der Waals surface area contributed by atoms with E-state index in [9.17, 15) is 9.59 Å². The zero-order chi connectivity index (χ0) is 15.4. The summed E-state index contributed by atoms with van der Waals surface area (Å²) in [6, 6.07) is 3.29. The third kappa shape index (κ3) is 4.55. The van der Waals surface area contributed by atoms with E-state index in [0.29, 0.717) is 17.8 Å². The van der Waals surface area contributed by atoms with Crippen LogP contribution in [-0.2, 0) is 9.53 Å². The van der Waals surface area contributed by atoms with E-state index in [2.05, 4.69) is 26.8 Å². The molecule has 0 aliphatic carbocycles. The van der Waals surface area contributed by atoms with Crippen LogP contribution >= 0.6 is 15.9 Å². The Balaban J connectivity index is 1.78. The molecular formula is C13H18BrN3O4. The van der Waals surface area contributed by atoms with Gasteiger partial charge in [-0.15, -0.1) is 0 Å². The van der Waals surface area contributed by atoms with Crippen LogP contribution in [0.15, 0.2) is 21.2 Å². The molecule has 0 radical (unpaired) electrons. The SMILES string of the molecule is C[C@@H]1CN(CC(=O)NNC(=O)c2ccc(Br)o2)[C@H](C)CO1. The zero-order valence-corrected chi connectivity index (χ0v) is 13.5. The Hall–Kier alpha value is -1.38. The van der Waals surface area contributed by atoms with Crippen molar-refractivity contribution >= 4 is 27.7 Å². The molecule has 2 amide bonds. The first-order valence-electron chi connectivity index (χ1n) is 6.66. The lowest BCUT2D eigenvalue weighted by Crippen LogP contribution is -2.53. The summed E-state index contributed by atoms with van der Waals surface area (Å²) in [7, 11) is 0. The number of hydrogen-bond donors (Lipinski definition) is 2. The third-order valence-electron chi connectivity index (χ3n) is 3.20. The van der Waals surface area contributed by atoms with Crippen molar-refractivity contribution in [3.05, 3.63) is 22.6 Å². The number of rotatable bonds is 3. The number of ether oxygens (including phenoxy) is 1. The van der Waals surface area contributed by atoms with Gasteiger partial charge in [0, 0.05) is 12.6 Å². The lowest BCUT2D eigenvalue weighted by atomic mass is 10.2. The lowest BCUT2D eigenvalue weighted by Gasteiger charge is -2.36. The number of carbonyl (C=O) groups excluding carboxylic acids is 2. The first-order valence-corrected chi connectivity index (χ1v) is 7.45. The largest absolute Gasteiger partial charge is 0.444 e. The van der Waals surface area contributed by atoms with Gasteiger partial charge in [-0.25, -0.2) is 0 Å². The van der Waals surface area contributed by atoms with Crippen molar-refractivity contribution in [2.45, 2.75) is 26.0 Å². The van der Waals surface area contributed by atoms with E-state index >= 15 is 0 Å². The van der Waals surface area contributed by atoms with Gasteiger partial charge in [0.05, 0.1) is 19.3 Å². The third-order valence-corrected chi connectivity index (χ3v) is 3.62. The van der Waals surface area contributed by atoms with E-state index in [1.165, 1.54) is 6.07 Å². The summed E-state index contributed by atoms with van der Waals surface area (Å²) in [4.78, 5) is 25.6. The van der Waals surface area contributed by atoms with Crippen LogP contribution in [0.25, 0.3) is 0 Å². The van der Waals surface area contributed by atoms with Gasteiger partial charge in [-0.1, -0.05) is 0 Å². The van der Waals surface area contributed by atoms with E-state index in [1.54, 1.807) is 6.07 Å². The van der Waals surface area contributed by atoms with Crippen molar-refractivity contribution in [3.8, 4) is 0 Å². The summed E-state index contributed by atoms with van der Waals surface area (Å²) < 4.78 is 11.0. The molecule has 1 fully saturated rings. The first-order chi connectivity index (χ1) is 9.95. The maximum absolute atomic E-state index is 11.9. The van der Waals surface area contributed by atoms with Gasteiger partial charge in [-0.3, -0.25) is 25.3 Å². The molecule has 21 heavy (non-hydrogen) atoms. The van der Waals surface area contributed by atoms with E-state index in [0.717, 1.165) is 0 Å². The molecule has 1 aromatic rings. The Morgan fingerprint density at radius 1 is 1.38 bits per heavy atom. The van der Waals surface area contributed by atoms with Crippen molar-refractivity contribution < 1.29 is 18.7 Å². The molecule has 1 aliphatic rings. The van der Waals surface area contributed by atoms with Gasteiger partial charge >= 0.3 is 5.91 Å². The van der Waals surface area contributed by atoms with Gasteiger partial charge in [-0.05, 0) is 41.9 Å². The summed E-state index contributed by atoms with van der Waals surface area (Å²) in [6.07, 6.45) is 0.101. The summed E-state index contributed by atoms with van der Waals surface area (Å²) in [5.74, 6) is -0.664. The van der Waals surface area contributed by atoms with Crippen LogP contribution in [0.2, 0.25) is 0 Å². The molecule has 7 nitrogen and oxygen atoms in total. The van der Waals surface area contributed by atoms with Gasteiger partial charge in [0.2, 0.25) is 0 Å². The van der Waals surface area contributed by atoms with Crippen molar-refractivity contribution in [1.29, 1.82) is 0 Å². The van der Waals surface area contributed by atoms with Crippen LogP contribution in [0.5, 0.6) is 0 Å². The summed E-state index contributed by atoms with van der Waals surface area (Å²) in [5, 5.41) is 0. The number of morpholine rings is 1. The number of hydrogen-bond acceptors (Lipinski definition) is 5. The molecule has 0 bridgehead atoms. The second kappa shape index (κ2) is 7.06. The Labute approximate surface area is 131 Å². The van der Waals surface area contributed by atoms with Crippen molar-refractivity contribution in [2.75, 3.05) is 19.7 Å². The van der Waals surface area contributed by atoms with E-state index in [4.69, 9.17) is 9.15 Å². The maximum atomic E-state index is 11.9. The van der Waals surface area contributed by atoms with Crippen LogP contribution < -0.4 is 10.9 Å². The van der Waals surface area contributed by atoms with Crippen LogP contribution in [-0.4, -0.2) is 48.6 Å². The standard InChI is InChI=1S/C13H18BrN3O4/c1-8-7-20-9(2)5-17(8)6-12(18)15-16-13(19)10-3-4-11(14)21-10/h3-4,8-9H,5-7H2,1-2H3,(H,15,18)(H,16,19)/t8-,9-/m1/s1. The van der Waals surface area contributed by atoms with Gasteiger partial charge in [0.1, 0.15) is 0 Å². The first kappa shape index (κ1) is 16.0. The molecule has 0 aromatic carbocycles. The predicted octanol–water partition coefficient (Wildman–Crippen LogP) is 0.912. The van der Waals surface area contributed by atoms with Crippen LogP contribution in [0.1, 0.15) is 24.4 Å². The highest BCUT2D eigenvalue weighted by molar-refractivity contribution is 9.10. The molecule has 2 rings (SSSR count). The average Bonchev–Trinajstić information content (AvgIpc) is 2.87. The van der Waals surface area contributed by atoms with E-state index in [-0.39, 0.29) is 30.4 Å². The van der Waals surface area contributed by atoms with E-state index in [1.807, 2.05) is 18.7 Å². The van der Waals surface area contributed by atoms with Gasteiger partial charge in [0.25, 0.3) is 5.91 Å². The molecule has 8 heteroatoms. The fourth-order valence-electron chi connectivity index (χ4n) is 2.04. The molecule has 1 aromatic heterocycles. The minimum absolute atomic E-state index is 0.101. The highest BCUT2D eigenvalue weighted by Gasteiger charge is 2.25. The van der Waals surface area contributed by atoms with Gasteiger partial charge < -0.3 is 9.15 Å². The molecule has 2 N–H and O–H groups in total. The molecule has 2 heterocycles. The molecule has 1 aliphatic heterocycles. The average molecular weight is 360 g/mol. The molecule has 116 valence electrons. The number of nitrogens with one attached hydrogen (secondary N) is 2. The summed E-state index contributed by atoms with van der Waals surface area (Å²) >= 11 is 3.11. The Bertz CT molecular complexity index is 519. The summed E-state index contributed by atoms with van der Waals surface area (Å²) in [6.45, 7) is 5.46. The molecular weight excluding hydrogens is 342 g/mol. The molecule has 2 atom stereocenters. The fourth-order valence-corrected chi connectivity index (χ4v) is 2.35. The quantitative estimate of drug-likeness (QED) is 0.783. The predicted molar refractivity (Wildman–Crippen MR) is 78.5 cm³/mol. The zero-order valence-electron chi connectivity index (χ0n) is 11.9. The van der Waals surface area contributed by atoms with Crippen molar-refractivity contribution in [1.82, 2.24) is 15.8 Å². The van der Waals surface area contributed by atoms with Crippen molar-refractivity contribution in [2.24, 2.45) is 0 Å². The Kier molecular flexibility index (Phi) is 5.38. The fraction of sp³-hybridized carbons (Fsp3) is 0.538. The monoisotopic (exact) mass is 359 g/mol. The highest BCUT2D eigenvalue weighted by Crippen LogP contribution is 2.13. The van der Waals surface area contributed by atoms with Crippen LogP contribution in [0.4, 0.5) is 0 Å². The van der Waals surface area contributed by atoms with Crippen LogP contribution in [0, 0.1) is 0 Å². The topological polar surface area (TPSA) is 83.8 Å². The lowest BCUT2D eigenvalue weighted by molar-refractivity contribution is -0.126. The number of furan rings is 1. The Morgan fingerprint density at radius 3 is 2.81 bits per heavy atom. The number of amides is 2. The van der Waals surface area contributed by atoms with Gasteiger partial charge in [-0.2, -0.15) is 0 Å². The summed E-state index contributed by atoms with van der Waals surface area (Å²) in [5.41, 5.74) is 4.69. The molecule has 0 spiro atoms. The highest BCUT2D eigenvalue weighted by atomic mass is 79.9. The van der Waals surface area contributed by atoms with Gasteiger partial charge in [0.15, 0.2) is 10.4 Å². The number of hydrazine groups is 1. The van der Waals surface area contributed by atoms with Crippen molar-refractivity contribution in [3.63, 3.8) is 0 Å². The normalized spacial score (nSPS) is 22.8. The number of carbonyl (C=O) groups is 2. The number of halogens is 1. The molecule has 0 saturated carbocycles. The number of nitrogens with zero attached hydrogens (tertiary/aromatic N) is 1. The molecule has 1 saturated heterocycles. The van der Waals surface area contributed by atoms with Crippen LogP contribution in [0.3, 0.4) is 0 Å². The second-order valence-electron chi connectivity index (χ2n) is 5.03. The van der Waals surface area contributed by atoms with E-state index < -0.39 is 5.91 Å². The molecule has 0 unspecified atom stereocenters. The smallest absolute Gasteiger partial charge is 0.305 e. The minimum Gasteiger partial charge on any atom is -0.444 e. The second-order valence-corrected chi connectivity index (χ2v) is 5.81. The maximum Gasteiger partial charge on any atom is 0.305 e. The Morgan fingerprint density at radius 2 is 2.14 bits per heavy atom.